The molecule has 0 unspecified atom stereocenters. The third-order valence-corrected chi connectivity index (χ3v) is 3.37. The van der Waals surface area contributed by atoms with Gasteiger partial charge in [-0.1, -0.05) is 6.92 Å². The lowest BCUT2D eigenvalue weighted by Gasteiger charge is -2.09. The van der Waals surface area contributed by atoms with Gasteiger partial charge in [-0.15, -0.1) is 0 Å². The summed E-state index contributed by atoms with van der Waals surface area (Å²) in [5.74, 6) is -1.22. The normalized spacial score (nSPS) is 10.5. The lowest BCUT2D eigenvalue weighted by atomic mass is 10.2. The number of benzene rings is 1. The summed E-state index contributed by atoms with van der Waals surface area (Å²) in [4.78, 5) is 10.8. The molecule has 0 aromatic heterocycles. The molecular formula is C11H12N2O5S. The second-order valence-corrected chi connectivity index (χ2v) is 5.21. The van der Waals surface area contributed by atoms with Crippen LogP contribution in [0.1, 0.15) is 23.7 Å². The van der Waals surface area contributed by atoms with E-state index in [2.05, 4.69) is 0 Å². The van der Waals surface area contributed by atoms with Crippen molar-refractivity contribution in [3.8, 4) is 11.9 Å². The Bertz CT molecular complexity index is 618. The summed E-state index contributed by atoms with van der Waals surface area (Å²) in [6, 6.07) is 3.38. The number of hydrogen-bond donors (Lipinski definition) is 2. The second kappa shape index (κ2) is 6.06. The maximum Gasteiger partial charge on any atom is 0.339 e. The lowest BCUT2D eigenvalue weighted by molar-refractivity contribution is 0.0692. The number of rotatable bonds is 6. The monoisotopic (exact) mass is 284 g/mol. The summed E-state index contributed by atoms with van der Waals surface area (Å²) in [6.45, 7) is 2.18. The number of ether oxygens (including phenoxy) is 1. The molecule has 1 aromatic rings. The molecule has 1 aromatic carbocycles. The number of nitrogens with zero attached hydrogens (tertiary/aromatic N) is 1. The Morgan fingerprint density at radius 3 is 2.74 bits per heavy atom. The molecule has 0 atom stereocenters. The summed E-state index contributed by atoms with van der Waals surface area (Å²) in [6.07, 6.45) is 1.98. The van der Waals surface area contributed by atoms with Crippen LogP contribution in [0.15, 0.2) is 23.1 Å². The zero-order chi connectivity index (χ0) is 14.5. The molecule has 0 radical (unpaired) electrons. The predicted molar refractivity (Wildman–Crippen MR) is 65.1 cm³/mol. The SMILES string of the molecule is CCCOc1ccc(S(=O)(=O)NC#N)cc1C(=O)O. The van der Waals surface area contributed by atoms with Crippen molar-refractivity contribution < 1.29 is 23.1 Å². The highest BCUT2D eigenvalue weighted by Crippen LogP contribution is 2.23. The van der Waals surface area contributed by atoms with Crippen molar-refractivity contribution in [1.29, 1.82) is 5.26 Å². The number of hydrogen-bond acceptors (Lipinski definition) is 5. The summed E-state index contributed by atoms with van der Waals surface area (Å²) in [5.41, 5.74) is -0.269. The third-order valence-electron chi connectivity index (χ3n) is 2.13. The summed E-state index contributed by atoms with van der Waals surface area (Å²) in [7, 11) is -4.03. The van der Waals surface area contributed by atoms with Crippen LogP contribution in [0, 0.1) is 11.5 Å². The zero-order valence-corrected chi connectivity index (χ0v) is 10.9. The fraction of sp³-hybridized carbons (Fsp3) is 0.273. The largest absolute Gasteiger partial charge is 0.493 e. The average Bonchev–Trinajstić information content (AvgIpc) is 2.35. The van der Waals surface area contributed by atoms with Gasteiger partial charge in [-0.05, 0) is 24.6 Å². The second-order valence-electron chi connectivity index (χ2n) is 3.53. The Labute approximate surface area is 110 Å². The average molecular weight is 284 g/mol. The molecule has 8 heteroatoms. The minimum atomic E-state index is -4.03. The lowest BCUT2D eigenvalue weighted by Crippen LogP contribution is -2.18. The summed E-state index contributed by atoms with van der Waals surface area (Å²) < 4.78 is 30.0. The van der Waals surface area contributed by atoms with E-state index in [0.29, 0.717) is 13.0 Å². The van der Waals surface area contributed by atoms with E-state index in [0.717, 1.165) is 6.07 Å². The van der Waals surface area contributed by atoms with E-state index < -0.39 is 16.0 Å². The van der Waals surface area contributed by atoms with Crippen LogP contribution in [-0.2, 0) is 10.0 Å². The molecule has 0 fully saturated rings. The van der Waals surface area contributed by atoms with Crippen LogP contribution in [0.4, 0.5) is 0 Å². The molecule has 0 aliphatic heterocycles. The van der Waals surface area contributed by atoms with Gasteiger partial charge in [0, 0.05) is 0 Å². The summed E-state index contributed by atoms with van der Waals surface area (Å²) >= 11 is 0. The maximum atomic E-state index is 11.6. The van der Waals surface area contributed by atoms with Gasteiger partial charge in [-0.2, -0.15) is 5.26 Å². The third kappa shape index (κ3) is 3.59. The van der Waals surface area contributed by atoms with Crippen molar-refractivity contribution in [2.24, 2.45) is 0 Å². The highest BCUT2D eigenvalue weighted by Gasteiger charge is 2.19. The van der Waals surface area contributed by atoms with Crippen molar-refractivity contribution in [3.05, 3.63) is 23.8 Å². The van der Waals surface area contributed by atoms with E-state index in [1.165, 1.54) is 18.3 Å². The first kappa shape index (κ1) is 14.8. The van der Waals surface area contributed by atoms with Crippen molar-refractivity contribution in [1.82, 2.24) is 4.72 Å². The topological polar surface area (TPSA) is 116 Å². The molecule has 0 saturated carbocycles. The number of carboxylic acid groups (broad SMARTS) is 1. The van der Waals surface area contributed by atoms with E-state index >= 15 is 0 Å². The van der Waals surface area contributed by atoms with Crippen molar-refractivity contribution in [2.75, 3.05) is 6.61 Å². The van der Waals surface area contributed by atoms with Gasteiger partial charge in [0.2, 0.25) is 0 Å². The first-order valence-electron chi connectivity index (χ1n) is 5.33. The Hall–Kier alpha value is -2.27. The van der Waals surface area contributed by atoms with Crippen molar-refractivity contribution >= 4 is 16.0 Å². The smallest absolute Gasteiger partial charge is 0.339 e. The molecule has 0 bridgehead atoms. The molecule has 0 heterocycles. The van der Waals surface area contributed by atoms with Gasteiger partial charge in [0.05, 0.1) is 11.5 Å². The first-order valence-corrected chi connectivity index (χ1v) is 6.81. The summed E-state index contributed by atoms with van der Waals surface area (Å²) in [5, 5.41) is 17.4. The van der Waals surface area contributed by atoms with Crippen LogP contribution in [0.2, 0.25) is 0 Å². The minimum absolute atomic E-state index is 0.0882. The van der Waals surface area contributed by atoms with Gasteiger partial charge in [-0.25, -0.2) is 17.9 Å². The van der Waals surface area contributed by atoms with Crippen LogP contribution >= 0.6 is 0 Å². The van der Waals surface area contributed by atoms with Crippen LogP contribution in [-0.4, -0.2) is 26.1 Å². The molecule has 102 valence electrons. The van der Waals surface area contributed by atoms with E-state index in [9.17, 15) is 13.2 Å². The molecule has 0 aliphatic rings. The Balaban J connectivity index is 3.24. The Morgan fingerprint density at radius 2 is 2.21 bits per heavy atom. The molecule has 0 amide bonds. The molecule has 0 aliphatic carbocycles. The van der Waals surface area contributed by atoms with E-state index in [4.69, 9.17) is 15.1 Å². The predicted octanol–water partition coefficient (Wildman–Crippen LogP) is 0.933. The van der Waals surface area contributed by atoms with Crippen LogP contribution in [0.5, 0.6) is 5.75 Å². The van der Waals surface area contributed by atoms with Gasteiger partial charge in [0.15, 0.2) is 6.19 Å². The molecule has 2 N–H and O–H groups in total. The van der Waals surface area contributed by atoms with Crippen LogP contribution < -0.4 is 9.46 Å². The number of nitriles is 1. The highest BCUT2D eigenvalue weighted by atomic mass is 32.2. The fourth-order valence-electron chi connectivity index (χ4n) is 1.30. The molecule has 7 nitrogen and oxygen atoms in total. The standard InChI is InChI=1S/C11H12N2O5S/c1-2-5-18-10-4-3-8(6-9(10)11(14)15)19(16,17)13-7-12/h3-4,6,13H,2,5H2,1H3,(H,14,15). The number of nitrogens with one attached hydrogen (secondary N) is 1. The van der Waals surface area contributed by atoms with Gasteiger partial charge in [0.25, 0.3) is 10.0 Å². The van der Waals surface area contributed by atoms with Crippen LogP contribution in [0.25, 0.3) is 0 Å². The Kier molecular flexibility index (Phi) is 4.72. The van der Waals surface area contributed by atoms with E-state index in [-0.39, 0.29) is 16.2 Å². The van der Waals surface area contributed by atoms with Gasteiger partial charge in [0.1, 0.15) is 11.3 Å². The maximum absolute atomic E-state index is 11.6. The van der Waals surface area contributed by atoms with Crippen molar-refractivity contribution in [2.45, 2.75) is 18.2 Å². The van der Waals surface area contributed by atoms with E-state index in [1.807, 2.05) is 6.92 Å². The van der Waals surface area contributed by atoms with Crippen molar-refractivity contribution in [3.63, 3.8) is 0 Å². The first-order chi connectivity index (χ1) is 8.92. The molecule has 0 spiro atoms. The Morgan fingerprint density at radius 1 is 1.53 bits per heavy atom. The number of sulfonamides is 1. The van der Waals surface area contributed by atoms with E-state index in [1.54, 1.807) is 4.72 Å². The number of aromatic carboxylic acids is 1. The minimum Gasteiger partial charge on any atom is -0.493 e. The van der Waals surface area contributed by atoms with Gasteiger partial charge >= 0.3 is 5.97 Å². The molecule has 0 saturated heterocycles. The number of carboxylic acids is 1. The van der Waals surface area contributed by atoms with Crippen LogP contribution in [0.3, 0.4) is 0 Å². The molecule has 1 rings (SSSR count). The molecular weight excluding hydrogens is 272 g/mol. The molecule has 19 heavy (non-hydrogen) atoms. The zero-order valence-electron chi connectivity index (χ0n) is 10.1. The number of carbonyl (C=O) groups is 1. The fourth-order valence-corrected chi connectivity index (χ4v) is 2.06. The quantitative estimate of drug-likeness (QED) is 0.593. The highest BCUT2D eigenvalue weighted by molar-refractivity contribution is 7.89. The van der Waals surface area contributed by atoms with Gasteiger partial charge in [-0.3, -0.25) is 0 Å². The van der Waals surface area contributed by atoms with Gasteiger partial charge < -0.3 is 9.84 Å².